The molecule has 0 aliphatic heterocycles. The van der Waals surface area contributed by atoms with E-state index in [1.165, 1.54) is 0 Å². The average molecular weight is 478 g/mol. The number of rotatable bonds is 5. The van der Waals surface area contributed by atoms with Crippen LogP contribution in [0.5, 0.6) is 0 Å². The normalized spacial score (nSPS) is 16.2. The zero-order valence-corrected chi connectivity index (χ0v) is 18.8. The smallest absolute Gasteiger partial charge is 0.334 e. The second-order valence-electron chi connectivity index (χ2n) is 8.29. The highest BCUT2D eigenvalue weighted by Gasteiger charge is 2.39. The molecule has 2 aromatic heterocycles. The molecule has 1 saturated carbocycles. The fraction of sp³-hybridized carbons (Fsp3) is 0.409. The maximum absolute atomic E-state index is 12.8. The summed E-state index contributed by atoms with van der Waals surface area (Å²) >= 11 is 0. The second kappa shape index (κ2) is 8.43. The van der Waals surface area contributed by atoms with E-state index in [9.17, 15) is 26.9 Å². The summed E-state index contributed by atoms with van der Waals surface area (Å²) in [6, 6.07) is 5.90. The lowest BCUT2D eigenvalue weighted by atomic mass is 10.1. The molecule has 0 bridgehead atoms. The molecule has 7 nitrogen and oxygen atoms in total. The molecule has 1 aromatic carbocycles. The number of hydrogen-bond donors (Lipinski definition) is 1. The maximum atomic E-state index is 12.8. The molecule has 0 radical (unpaired) electrons. The lowest BCUT2D eigenvalue weighted by molar-refractivity contribution is -0.147. The molecule has 33 heavy (non-hydrogen) atoms. The lowest BCUT2D eigenvalue weighted by Gasteiger charge is -2.18. The lowest BCUT2D eigenvalue weighted by Crippen LogP contribution is -2.43. The van der Waals surface area contributed by atoms with Crippen LogP contribution in [0, 0.1) is 18.3 Å². The zero-order chi connectivity index (χ0) is 24.0. The van der Waals surface area contributed by atoms with Gasteiger partial charge in [-0.1, -0.05) is 25.0 Å². The van der Waals surface area contributed by atoms with Crippen LogP contribution in [0.25, 0.3) is 22.4 Å². The largest absolute Gasteiger partial charge is 0.404 e. The molecule has 174 valence electrons. The third-order valence-corrected chi connectivity index (χ3v) is 7.43. The molecule has 2 heterocycles. The average Bonchev–Trinajstić information content (AvgIpc) is 3.38. The fourth-order valence-electron chi connectivity index (χ4n) is 4.24. The maximum Gasteiger partial charge on any atom is 0.404 e. The molecule has 11 heteroatoms. The van der Waals surface area contributed by atoms with Crippen LogP contribution in [-0.2, 0) is 10.0 Å². The minimum atomic E-state index is -4.73. The van der Waals surface area contributed by atoms with Gasteiger partial charge in [0.2, 0.25) is 10.0 Å². The van der Waals surface area contributed by atoms with Crippen LogP contribution in [0.2, 0.25) is 0 Å². The third kappa shape index (κ3) is 4.32. The Bertz CT molecular complexity index is 1340. The molecule has 1 atom stereocenters. The van der Waals surface area contributed by atoms with Crippen molar-refractivity contribution in [1.29, 1.82) is 5.26 Å². The van der Waals surface area contributed by atoms with E-state index < -0.39 is 27.1 Å². The molecule has 1 N–H and O–H groups in total. The van der Waals surface area contributed by atoms with E-state index in [4.69, 9.17) is 0 Å². The minimum Gasteiger partial charge on any atom is -0.334 e. The van der Waals surface area contributed by atoms with Gasteiger partial charge in [-0.05, 0) is 38.3 Å². The number of aromatic nitrogens is 3. The van der Waals surface area contributed by atoms with E-state index in [-0.39, 0.29) is 11.9 Å². The van der Waals surface area contributed by atoms with Crippen LogP contribution in [0.1, 0.15) is 49.8 Å². The van der Waals surface area contributed by atoms with Crippen LogP contribution >= 0.6 is 0 Å². The van der Waals surface area contributed by atoms with Crippen LogP contribution in [0.4, 0.5) is 13.2 Å². The van der Waals surface area contributed by atoms with Gasteiger partial charge in [0.15, 0.2) is 5.82 Å². The summed E-state index contributed by atoms with van der Waals surface area (Å²) in [5, 5.41) is 10.7. The number of halogens is 3. The van der Waals surface area contributed by atoms with Gasteiger partial charge in [-0.2, -0.15) is 23.2 Å². The highest BCUT2D eigenvalue weighted by molar-refractivity contribution is 7.89. The van der Waals surface area contributed by atoms with Crippen molar-refractivity contribution in [3.63, 3.8) is 0 Å². The van der Waals surface area contributed by atoms with E-state index in [0.717, 1.165) is 54.5 Å². The van der Waals surface area contributed by atoms with Gasteiger partial charge >= 0.3 is 6.18 Å². The molecular formula is C22H22F3N5O2S. The van der Waals surface area contributed by atoms with Crippen LogP contribution < -0.4 is 4.72 Å². The van der Waals surface area contributed by atoms with Gasteiger partial charge in [0.1, 0.15) is 22.7 Å². The first kappa shape index (κ1) is 23.2. The fourth-order valence-corrected chi connectivity index (χ4v) is 5.36. The van der Waals surface area contributed by atoms with Crippen molar-refractivity contribution in [1.82, 2.24) is 19.3 Å². The Labute approximate surface area is 189 Å². The van der Waals surface area contributed by atoms with E-state index >= 15 is 0 Å². The number of aryl methyl sites for hydroxylation is 1. The van der Waals surface area contributed by atoms with Crippen molar-refractivity contribution in [3.8, 4) is 17.6 Å². The van der Waals surface area contributed by atoms with Crippen molar-refractivity contribution in [3.05, 3.63) is 41.7 Å². The SMILES string of the molecule is Cc1ccc2c(C#N)c(-c3ncc(S(=O)(=O)N[C@H](C)C(F)(F)F)cn3)n(C3CCCC3)c2c1. The van der Waals surface area contributed by atoms with Crippen molar-refractivity contribution >= 4 is 20.9 Å². The molecule has 4 rings (SSSR count). The summed E-state index contributed by atoms with van der Waals surface area (Å²) in [7, 11) is -4.48. The van der Waals surface area contributed by atoms with Crippen LogP contribution in [-0.4, -0.2) is 35.2 Å². The Morgan fingerprint density at radius 2 is 1.85 bits per heavy atom. The highest BCUT2D eigenvalue weighted by atomic mass is 32.2. The summed E-state index contributed by atoms with van der Waals surface area (Å²) < 4.78 is 66.8. The van der Waals surface area contributed by atoms with Gasteiger partial charge in [-0.15, -0.1) is 0 Å². The summed E-state index contributed by atoms with van der Waals surface area (Å²) in [6.45, 7) is 2.68. The first-order chi connectivity index (χ1) is 15.5. The predicted octanol–water partition coefficient (Wildman–Crippen LogP) is 4.62. The molecule has 0 unspecified atom stereocenters. The number of sulfonamides is 1. The van der Waals surface area contributed by atoms with Gasteiger partial charge in [0.25, 0.3) is 0 Å². The summed E-state index contributed by atoms with van der Waals surface area (Å²) in [5.41, 5.74) is 2.79. The molecule has 0 spiro atoms. The van der Waals surface area contributed by atoms with E-state index in [1.807, 2.05) is 25.1 Å². The number of nitrogens with one attached hydrogen (secondary N) is 1. The number of nitriles is 1. The quantitative estimate of drug-likeness (QED) is 0.578. The van der Waals surface area contributed by atoms with Crippen LogP contribution in [0.15, 0.2) is 35.5 Å². The molecule has 0 amide bonds. The molecular weight excluding hydrogens is 455 g/mol. The Balaban J connectivity index is 1.81. The number of alkyl halides is 3. The zero-order valence-electron chi connectivity index (χ0n) is 18.0. The van der Waals surface area contributed by atoms with Crippen LogP contribution in [0.3, 0.4) is 0 Å². The van der Waals surface area contributed by atoms with Gasteiger partial charge in [-0.25, -0.2) is 18.4 Å². The Morgan fingerprint density at radius 3 is 2.42 bits per heavy atom. The monoisotopic (exact) mass is 477 g/mol. The number of hydrogen-bond acceptors (Lipinski definition) is 5. The molecule has 1 fully saturated rings. The van der Waals surface area contributed by atoms with Gasteiger partial charge in [-0.3, -0.25) is 0 Å². The van der Waals surface area contributed by atoms with Crippen molar-refractivity contribution in [2.45, 2.75) is 62.7 Å². The van der Waals surface area contributed by atoms with Gasteiger partial charge < -0.3 is 4.57 Å². The number of benzene rings is 1. The Morgan fingerprint density at radius 1 is 1.21 bits per heavy atom. The number of fused-ring (bicyclic) bond motifs is 1. The topological polar surface area (TPSA) is 101 Å². The summed E-state index contributed by atoms with van der Waals surface area (Å²) in [4.78, 5) is 7.83. The van der Waals surface area contributed by atoms with Crippen molar-refractivity contribution in [2.24, 2.45) is 0 Å². The van der Waals surface area contributed by atoms with Gasteiger partial charge in [0.05, 0.1) is 23.5 Å². The first-order valence-electron chi connectivity index (χ1n) is 10.5. The molecule has 0 saturated heterocycles. The minimum absolute atomic E-state index is 0.146. The second-order valence-corrected chi connectivity index (χ2v) is 10.0. The highest BCUT2D eigenvalue weighted by Crippen LogP contribution is 2.40. The van der Waals surface area contributed by atoms with E-state index in [0.29, 0.717) is 18.2 Å². The summed E-state index contributed by atoms with van der Waals surface area (Å²) in [5.74, 6) is 0.148. The number of nitrogens with zero attached hydrogens (tertiary/aromatic N) is 4. The Kier molecular flexibility index (Phi) is 5.92. The molecule has 1 aliphatic carbocycles. The third-order valence-electron chi connectivity index (χ3n) is 5.93. The van der Waals surface area contributed by atoms with Crippen molar-refractivity contribution in [2.75, 3.05) is 0 Å². The van der Waals surface area contributed by atoms with Crippen molar-refractivity contribution < 1.29 is 21.6 Å². The Hall–Kier alpha value is -2.97. The molecule has 3 aromatic rings. The molecule has 1 aliphatic rings. The van der Waals surface area contributed by atoms with E-state index in [1.54, 1.807) is 4.72 Å². The van der Waals surface area contributed by atoms with Gasteiger partial charge in [0, 0.05) is 11.4 Å². The standard InChI is InChI=1S/C22H22F3N5O2S/c1-13-7-8-17-18(10-26)20(30(19(17)9-13)15-5-3-4-6-15)21-27-11-16(12-28-21)33(31,32)29-14(2)22(23,24)25/h7-9,11-12,14-15,29H,3-6H2,1-2H3/t14-/m1/s1. The predicted molar refractivity (Wildman–Crippen MR) is 116 cm³/mol. The van der Waals surface area contributed by atoms with E-state index in [2.05, 4.69) is 20.6 Å². The first-order valence-corrected chi connectivity index (χ1v) is 12.0. The summed E-state index contributed by atoms with van der Waals surface area (Å²) in [6.07, 6.45) is 1.18.